The molecule has 128 valence electrons. The molecule has 2 saturated heterocycles. The predicted molar refractivity (Wildman–Crippen MR) is 91.0 cm³/mol. The lowest BCUT2D eigenvalue weighted by Gasteiger charge is -2.37. The van der Waals surface area contributed by atoms with Crippen molar-refractivity contribution in [2.24, 2.45) is 11.8 Å². The SMILES string of the molecule is C[C@H]1CCCN(C(=O)C2CCN(c3ccc(C#N)cc3F)CC2)C1. The summed E-state index contributed by atoms with van der Waals surface area (Å²) in [5.74, 6) is 0.578. The minimum absolute atomic E-state index is 0.0630. The molecule has 1 aromatic rings. The first kappa shape index (κ1) is 16.8. The van der Waals surface area contributed by atoms with Crippen molar-refractivity contribution in [3.63, 3.8) is 0 Å². The van der Waals surface area contributed by atoms with Gasteiger partial charge in [0, 0.05) is 32.1 Å². The molecule has 24 heavy (non-hydrogen) atoms. The Morgan fingerprint density at radius 3 is 2.62 bits per heavy atom. The molecule has 5 heteroatoms. The maximum Gasteiger partial charge on any atom is 0.225 e. The van der Waals surface area contributed by atoms with Gasteiger partial charge >= 0.3 is 0 Å². The van der Waals surface area contributed by atoms with E-state index in [0.717, 1.165) is 32.4 Å². The summed E-state index contributed by atoms with van der Waals surface area (Å²) in [6.07, 6.45) is 3.84. The van der Waals surface area contributed by atoms with Crippen LogP contribution in [-0.4, -0.2) is 37.0 Å². The number of amides is 1. The lowest BCUT2D eigenvalue weighted by molar-refractivity contribution is -0.137. The fourth-order valence-electron chi connectivity index (χ4n) is 3.85. The molecule has 1 atom stereocenters. The fourth-order valence-corrected chi connectivity index (χ4v) is 3.85. The summed E-state index contributed by atoms with van der Waals surface area (Å²) in [5.41, 5.74) is 0.868. The fraction of sp³-hybridized carbons (Fsp3) is 0.579. The lowest BCUT2D eigenvalue weighted by atomic mass is 9.92. The molecule has 0 aliphatic carbocycles. The Morgan fingerprint density at radius 2 is 2.00 bits per heavy atom. The normalized spacial score (nSPS) is 22.3. The summed E-state index contributed by atoms with van der Waals surface area (Å²) in [4.78, 5) is 16.7. The van der Waals surface area contributed by atoms with Gasteiger partial charge in [-0.1, -0.05) is 6.92 Å². The first-order valence-corrected chi connectivity index (χ1v) is 8.82. The predicted octanol–water partition coefficient (Wildman–Crippen LogP) is 3.17. The number of anilines is 1. The highest BCUT2D eigenvalue weighted by Gasteiger charge is 2.31. The Balaban J connectivity index is 1.59. The van der Waals surface area contributed by atoms with Crippen LogP contribution in [-0.2, 0) is 4.79 Å². The molecule has 0 radical (unpaired) electrons. The van der Waals surface area contributed by atoms with Gasteiger partial charge in [0.1, 0.15) is 5.82 Å². The minimum atomic E-state index is -0.358. The summed E-state index contributed by atoms with van der Waals surface area (Å²) in [6.45, 7) is 5.33. The van der Waals surface area contributed by atoms with Crippen LogP contribution in [0.5, 0.6) is 0 Å². The molecule has 3 rings (SSSR count). The number of benzene rings is 1. The van der Waals surface area contributed by atoms with Crippen LogP contribution in [0.2, 0.25) is 0 Å². The number of hydrogen-bond acceptors (Lipinski definition) is 3. The lowest BCUT2D eigenvalue weighted by Crippen LogP contribution is -2.46. The molecule has 0 aromatic heterocycles. The van der Waals surface area contributed by atoms with Gasteiger partial charge in [-0.15, -0.1) is 0 Å². The van der Waals surface area contributed by atoms with Crippen molar-refractivity contribution in [2.75, 3.05) is 31.1 Å². The van der Waals surface area contributed by atoms with Crippen LogP contribution in [0.1, 0.15) is 38.2 Å². The van der Waals surface area contributed by atoms with Crippen LogP contribution in [0.4, 0.5) is 10.1 Å². The van der Waals surface area contributed by atoms with Gasteiger partial charge in [-0.3, -0.25) is 4.79 Å². The van der Waals surface area contributed by atoms with Crippen LogP contribution < -0.4 is 4.90 Å². The molecule has 1 aromatic carbocycles. The number of piperidine rings is 2. The van der Waals surface area contributed by atoms with Gasteiger partial charge in [0.25, 0.3) is 0 Å². The van der Waals surface area contributed by atoms with E-state index < -0.39 is 0 Å². The zero-order chi connectivity index (χ0) is 17.1. The Morgan fingerprint density at radius 1 is 1.25 bits per heavy atom. The summed E-state index contributed by atoms with van der Waals surface area (Å²) in [5, 5.41) is 8.83. The van der Waals surface area contributed by atoms with Crippen LogP contribution in [0.15, 0.2) is 18.2 Å². The molecule has 0 bridgehead atoms. The first-order valence-electron chi connectivity index (χ1n) is 8.82. The topological polar surface area (TPSA) is 47.3 Å². The third kappa shape index (κ3) is 3.53. The number of likely N-dealkylation sites (tertiary alicyclic amines) is 1. The average Bonchev–Trinajstić information content (AvgIpc) is 2.61. The van der Waals surface area contributed by atoms with E-state index in [1.807, 2.05) is 15.9 Å². The Hall–Kier alpha value is -2.09. The number of nitrogens with zero attached hydrogens (tertiary/aromatic N) is 3. The smallest absolute Gasteiger partial charge is 0.225 e. The van der Waals surface area contributed by atoms with Crippen molar-refractivity contribution >= 4 is 11.6 Å². The van der Waals surface area contributed by atoms with E-state index in [0.29, 0.717) is 30.3 Å². The van der Waals surface area contributed by atoms with E-state index in [4.69, 9.17) is 5.26 Å². The zero-order valence-corrected chi connectivity index (χ0v) is 14.2. The molecule has 0 unspecified atom stereocenters. The van der Waals surface area contributed by atoms with Crippen molar-refractivity contribution in [2.45, 2.75) is 32.6 Å². The monoisotopic (exact) mass is 329 g/mol. The third-order valence-electron chi connectivity index (χ3n) is 5.23. The molecule has 2 aliphatic rings. The maximum absolute atomic E-state index is 14.1. The van der Waals surface area contributed by atoms with E-state index in [9.17, 15) is 9.18 Å². The summed E-state index contributed by atoms with van der Waals surface area (Å²) < 4.78 is 14.1. The van der Waals surface area contributed by atoms with Gasteiger partial charge < -0.3 is 9.80 Å². The van der Waals surface area contributed by atoms with E-state index in [1.54, 1.807) is 12.1 Å². The third-order valence-corrected chi connectivity index (χ3v) is 5.23. The van der Waals surface area contributed by atoms with E-state index in [-0.39, 0.29) is 17.6 Å². The Bertz CT molecular complexity index is 647. The van der Waals surface area contributed by atoms with Gasteiger partial charge in [0.2, 0.25) is 5.91 Å². The highest BCUT2D eigenvalue weighted by Crippen LogP contribution is 2.28. The number of carbonyl (C=O) groups is 1. The van der Waals surface area contributed by atoms with Gasteiger partial charge in [0.05, 0.1) is 17.3 Å². The first-order chi connectivity index (χ1) is 11.6. The average molecular weight is 329 g/mol. The molecular formula is C19H24FN3O. The van der Waals surface area contributed by atoms with E-state index in [2.05, 4.69) is 6.92 Å². The zero-order valence-electron chi connectivity index (χ0n) is 14.2. The largest absolute Gasteiger partial charge is 0.369 e. The standard InChI is InChI=1S/C19H24FN3O/c1-14-3-2-8-23(13-14)19(24)16-6-9-22(10-7-16)18-5-4-15(12-21)11-17(18)20/h4-5,11,14,16H,2-3,6-10,13H2,1H3/t14-/m0/s1. The van der Waals surface area contributed by atoms with Crippen LogP contribution in [0.25, 0.3) is 0 Å². The number of rotatable bonds is 2. The maximum atomic E-state index is 14.1. The van der Waals surface area contributed by atoms with Crippen molar-refractivity contribution in [1.82, 2.24) is 4.90 Å². The Kier molecular flexibility index (Phi) is 5.03. The molecule has 0 spiro atoms. The minimum Gasteiger partial charge on any atom is -0.369 e. The molecule has 4 nitrogen and oxygen atoms in total. The second-order valence-corrected chi connectivity index (χ2v) is 7.07. The van der Waals surface area contributed by atoms with Gasteiger partial charge in [0.15, 0.2) is 0 Å². The summed E-state index contributed by atoms with van der Waals surface area (Å²) in [6, 6.07) is 6.54. The van der Waals surface area contributed by atoms with Crippen LogP contribution in [0, 0.1) is 29.0 Å². The highest BCUT2D eigenvalue weighted by molar-refractivity contribution is 5.79. The van der Waals surface area contributed by atoms with E-state index >= 15 is 0 Å². The Labute approximate surface area is 142 Å². The molecule has 2 heterocycles. The number of halogens is 1. The number of nitriles is 1. The van der Waals surface area contributed by atoms with Crippen molar-refractivity contribution in [1.29, 1.82) is 5.26 Å². The molecule has 0 N–H and O–H groups in total. The van der Waals surface area contributed by atoms with E-state index in [1.165, 1.54) is 12.5 Å². The second kappa shape index (κ2) is 7.21. The molecule has 2 fully saturated rings. The van der Waals surface area contributed by atoms with Gasteiger partial charge in [-0.05, 0) is 49.8 Å². The summed E-state index contributed by atoms with van der Waals surface area (Å²) in [7, 11) is 0. The number of carbonyl (C=O) groups excluding carboxylic acids is 1. The van der Waals surface area contributed by atoms with Crippen molar-refractivity contribution in [3.8, 4) is 6.07 Å². The number of hydrogen-bond donors (Lipinski definition) is 0. The second-order valence-electron chi connectivity index (χ2n) is 7.07. The van der Waals surface area contributed by atoms with Crippen molar-refractivity contribution in [3.05, 3.63) is 29.6 Å². The van der Waals surface area contributed by atoms with Crippen LogP contribution >= 0.6 is 0 Å². The molecular weight excluding hydrogens is 305 g/mol. The summed E-state index contributed by atoms with van der Waals surface area (Å²) >= 11 is 0. The van der Waals surface area contributed by atoms with Gasteiger partial charge in [-0.25, -0.2) is 4.39 Å². The highest BCUT2D eigenvalue weighted by atomic mass is 19.1. The van der Waals surface area contributed by atoms with Crippen molar-refractivity contribution < 1.29 is 9.18 Å². The molecule has 0 saturated carbocycles. The molecule has 1 amide bonds. The van der Waals surface area contributed by atoms with Gasteiger partial charge in [-0.2, -0.15) is 5.26 Å². The molecule has 2 aliphatic heterocycles. The quantitative estimate of drug-likeness (QED) is 0.837. The van der Waals surface area contributed by atoms with Crippen LogP contribution in [0.3, 0.4) is 0 Å².